The van der Waals surface area contributed by atoms with E-state index >= 15 is 0 Å². The van der Waals surface area contributed by atoms with Crippen molar-refractivity contribution in [3.63, 3.8) is 0 Å². The number of benzene rings is 2. The van der Waals surface area contributed by atoms with Crippen LogP contribution in [-0.2, 0) is 9.59 Å². The smallest absolute Gasteiger partial charge is 0.341 e. The summed E-state index contributed by atoms with van der Waals surface area (Å²) in [5.41, 5.74) is 2.96. The van der Waals surface area contributed by atoms with Gasteiger partial charge in [0.15, 0.2) is 0 Å². The fraction of sp³-hybridized carbons (Fsp3) is 0.125. The zero-order valence-corrected chi connectivity index (χ0v) is 18.3. The predicted octanol–water partition coefficient (Wildman–Crippen LogP) is 5.40. The lowest BCUT2D eigenvalue weighted by molar-refractivity contribution is -0.174. The molecular formula is C24H18ClF3N4O2. The first-order valence-corrected chi connectivity index (χ1v) is 10.5. The second-order valence-corrected chi connectivity index (χ2v) is 7.94. The van der Waals surface area contributed by atoms with Crippen LogP contribution in [0, 0.1) is 0 Å². The van der Waals surface area contributed by atoms with E-state index in [0.717, 1.165) is 11.2 Å². The Morgan fingerprint density at radius 2 is 1.79 bits per heavy atom. The normalized spacial score (nSPS) is 12.4. The fourth-order valence-corrected chi connectivity index (χ4v) is 3.54. The summed E-state index contributed by atoms with van der Waals surface area (Å²) in [6.07, 6.45) is -1.78. The van der Waals surface area contributed by atoms with Crippen molar-refractivity contribution >= 4 is 34.7 Å². The molecule has 0 saturated carbocycles. The summed E-state index contributed by atoms with van der Waals surface area (Å²) in [7, 11) is 0. The van der Waals surface area contributed by atoms with Crippen LogP contribution in [0.2, 0.25) is 5.02 Å². The monoisotopic (exact) mass is 486 g/mol. The predicted molar refractivity (Wildman–Crippen MR) is 122 cm³/mol. The minimum atomic E-state index is -5.08. The number of halogens is 4. The lowest BCUT2D eigenvalue weighted by Crippen LogP contribution is -2.40. The second kappa shape index (κ2) is 9.56. The Hall–Kier alpha value is -3.85. The lowest BCUT2D eigenvalue weighted by atomic mass is 10.0. The van der Waals surface area contributed by atoms with Gasteiger partial charge >= 0.3 is 12.1 Å². The number of hydrogen-bond acceptors (Lipinski definition) is 3. The van der Waals surface area contributed by atoms with Gasteiger partial charge in [-0.15, -0.1) is 0 Å². The van der Waals surface area contributed by atoms with Gasteiger partial charge in [-0.3, -0.25) is 9.59 Å². The van der Waals surface area contributed by atoms with Gasteiger partial charge in [0, 0.05) is 28.7 Å². The number of imidazole rings is 1. The average Bonchev–Trinajstić information content (AvgIpc) is 3.23. The SMILES string of the molecule is O=C(C[C@@H](NC(=O)C(F)(F)F)c1ccc(Cl)cc1)Nc1cccc(-c2cn3ccccc3n2)c1. The van der Waals surface area contributed by atoms with Gasteiger partial charge in [0.25, 0.3) is 0 Å². The maximum Gasteiger partial charge on any atom is 0.471 e. The van der Waals surface area contributed by atoms with Crippen molar-refractivity contribution in [2.75, 3.05) is 5.32 Å². The van der Waals surface area contributed by atoms with Gasteiger partial charge in [-0.2, -0.15) is 13.2 Å². The van der Waals surface area contributed by atoms with Gasteiger partial charge < -0.3 is 15.0 Å². The highest BCUT2D eigenvalue weighted by Gasteiger charge is 2.40. The number of rotatable bonds is 6. The molecule has 0 fully saturated rings. The summed E-state index contributed by atoms with van der Waals surface area (Å²) in [5.74, 6) is -2.70. The van der Waals surface area contributed by atoms with E-state index in [1.54, 1.807) is 18.2 Å². The highest BCUT2D eigenvalue weighted by atomic mass is 35.5. The molecule has 2 aromatic carbocycles. The standard InChI is InChI=1S/C24H18ClF3N4O2/c25-17-9-7-15(8-10-17)19(31-23(34)24(26,27)28)13-22(33)29-18-5-3-4-16(12-18)20-14-32-11-2-1-6-21(32)30-20/h1-12,14,19H,13H2,(H,29,33)(H,31,34)/t19-/m1/s1. The molecule has 0 spiro atoms. The third-order valence-corrected chi connectivity index (χ3v) is 5.28. The van der Waals surface area contributed by atoms with Crippen molar-refractivity contribution in [3.8, 4) is 11.3 Å². The van der Waals surface area contributed by atoms with E-state index in [-0.39, 0.29) is 0 Å². The van der Waals surface area contributed by atoms with Gasteiger partial charge in [0.2, 0.25) is 5.91 Å². The van der Waals surface area contributed by atoms with E-state index in [2.05, 4.69) is 10.3 Å². The number of carbonyl (C=O) groups is 2. The fourth-order valence-electron chi connectivity index (χ4n) is 3.41. The van der Waals surface area contributed by atoms with Gasteiger partial charge in [-0.25, -0.2) is 4.98 Å². The van der Waals surface area contributed by atoms with Crippen LogP contribution in [0.3, 0.4) is 0 Å². The molecule has 4 rings (SSSR count). The molecule has 0 aliphatic carbocycles. The topological polar surface area (TPSA) is 75.5 Å². The number of amides is 2. The van der Waals surface area contributed by atoms with Crippen molar-refractivity contribution in [1.29, 1.82) is 0 Å². The molecule has 2 N–H and O–H groups in total. The number of alkyl halides is 3. The van der Waals surface area contributed by atoms with E-state index in [4.69, 9.17) is 11.6 Å². The quantitative estimate of drug-likeness (QED) is 0.383. The average molecular weight is 487 g/mol. The van der Waals surface area contributed by atoms with E-state index in [1.807, 2.05) is 46.4 Å². The molecular weight excluding hydrogens is 469 g/mol. The highest BCUT2D eigenvalue weighted by molar-refractivity contribution is 6.30. The summed E-state index contributed by atoms with van der Waals surface area (Å²) in [5, 5.41) is 4.93. The first-order valence-electron chi connectivity index (χ1n) is 10.2. The van der Waals surface area contributed by atoms with E-state index in [0.29, 0.717) is 22.0 Å². The van der Waals surface area contributed by atoms with Crippen molar-refractivity contribution in [1.82, 2.24) is 14.7 Å². The van der Waals surface area contributed by atoms with Crippen molar-refractivity contribution in [2.24, 2.45) is 0 Å². The molecule has 0 bridgehead atoms. The molecule has 6 nitrogen and oxygen atoms in total. The molecule has 0 radical (unpaired) electrons. The second-order valence-electron chi connectivity index (χ2n) is 7.50. The summed E-state index contributed by atoms with van der Waals surface area (Å²) in [4.78, 5) is 28.8. The number of aromatic nitrogens is 2. The zero-order chi connectivity index (χ0) is 24.3. The molecule has 174 valence electrons. The van der Waals surface area contributed by atoms with Crippen LogP contribution in [0.5, 0.6) is 0 Å². The minimum Gasteiger partial charge on any atom is -0.341 e. The Kier molecular flexibility index (Phi) is 6.56. The molecule has 4 aromatic rings. The molecule has 2 aromatic heterocycles. The Morgan fingerprint density at radius 3 is 2.50 bits per heavy atom. The third kappa shape index (κ3) is 5.55. The van der Waals surface area contributed by atoms with Crippen molar-refractivity contribution < 1.29 is 22.8 Å². The van der Waals surface area contributed by atoms with Gasteiger partial charge in [-0.05, 0) is 42.0 Å². The number of carbonyl (C=O) groups excluding carboxylic acids is 2. The minimum absolute atomic E-state index is 0.315. The van der Waals surface area contributed by atoms with Crippen LogP contribution in [0.25, 0.3) is 16.9 Å². The van der Waals surface area contributed by atoms with Crippen molar-refractivity contribution in [3.05, 3.63) is 89.7 Å². The van der Waals surface area contributed by atoms with Crippen LogP contribution in [0.4, 0.5) is 18.9 Å². The number of hydrogen-bond donors (Lipinski definition) is 2. The van der Waals surface area contributed by atoms with Crippen LogP contribution < -0.4 is 10.6 Å². The number of anilines is 1. The van der Waals surface area contributed by atoms with Gasteiger partial charge in [0.1, 0.15) is 5.65 Å². The highest BCUT2D eigenvalue weighted by Crippen LogP contribution is 2.25. The third-order valence-electron chi connectivity index (χ3n) is 5.03. The summed E-state index contributed by atoms with van der Waals surface area (Å²) in [6, 6.07) is 17.2. The molecule has 0 saturated heterocycles. The van der Waals surface area contributed by atoms with Crippen LogP contribution in [0.15, 0.2) is 79.1 Å². The molecule has 0 aliphatic rings. The molecule has 10 heteroatoms. The largest absolute Gasteiger partial charge is 0.471 e. The summed E-state index contributed by atoms with van der Waals surface area (Å²) in [6.45, 7) is 0. The first kappa shape index (κ1) is 23.3. The molecule has 1 atom stereocenters. The van der Waals surface area contributed by atoms with E-state index in [1.165, 1.54) is 24.3 Å². The van der Waals surface area contributed by atoms with E-state index in [9.17, 15) is 22.8 Å². The number of pyridine rings is 1. The van der Waals surface area contributed by atoms with Crippen LogP contribution in [0.1, 0.15) is 18.0 Å². The van der Waals surface area contributed by atoms with Gasteiger partial charge in [-0.1, -0.05) is 41.9 Å². The molecule has 0 unspecified atom stereocenters. The molecule has 2 amide bonds. The maximum atomic E-state index is 12.8. The Morgan fingerprint density at radius 1 is 1.03 bits per heavy atom. The molecule has 34 heavy (non-hydrogen) atoms. The van der Waals surface area contributed by atoms with Crippen molar-refractivity contribution in [2.45, 2.75) is 18.6 Å². The zero-order valence-electron chi connectivity index (χ0n) is 17.5. The number of nitrogens with one attached hydrogen (secondary N) is 2. The van der Waals surface area contributed by atoms with Crippen LogP contribution in [-0.4, -0.2) is 27.4 Å². The summed E-state index contributed by atoms with van der Waals surface area (Å²) >= 11 is 5.85. The Balaban J connectivity index is 1.51. The number of fused-ring (bicyclic) bond motifs is 1. The number of nitrogens with zero attached hydrogens (tertiary/aromatic N) is 2. The molecule has 2 heterocycles. The van der Waals surface area contributed by atoms with E-state index < -0.39 is 30.5 Å². The lowest BCUT2D eigenvalue weighted by Gasteiger charge is -2.20. The summed E-state index contributed by atoms with van der Waals surface area (Å²) < 4.78 is 40.3. The first-order chi connectivity index (χ1) is 16.2. The van der Waals surface area contributed by atoms with Crippen LogP contribution >= 0.6 is 11.6 Å². The maximum absolute atomic E-state index is 12.8. The Bertz CT molecular complexity index is 1300. The van der Waals surface area contributed by atoms with Gasteiger partial charge in [0.05, 0.1) is 18.2 Å². The molecule has 0 aliphatic heterocycles. The Labute approximate surface area is 197 Å².